The van der Waals surface area contributed by atoms with Crippen LogP contribution in [0.2, 0.25) is 0 Å². The van der Waals surface area contributed by atoms with E-state index in [2.05, 4.69) is 10.6 Å². The number of hydrogen-bond acceptors (Lipinski definition) is 2. The number of halogens is 3. The maximum absolute atomic E-state index is 13.5. The SMILES string of the molecule is Cl.O=C(CC1CCCC1)NC1CNCCC1c1ccc(F)c(F)c1. The van der Waals surface area contributed by atoms with E-state index in [1.54, 1.807) is 6.07 Å². The average Bonchev–Trinajstić information content (AvgIpc) is 3.03. The van der Waals surface area contributed by atoms with Crippen molar-refractivity contribution in [1.29, 1.82) is 0 Å². The second kappa shape index (κ2) is 8.77. The van der Waals surface area contributed by atoms with Gasteiger partial charge in [0.15, 0.2) is 11.6 Å². The Kier molecular flexibility index (Phi) is 6.99. The summed E-state index contributed by atoms with van der Waals surface area (Å²) in [5, 5.41) is 6.39. The zero-order valence-corrected chi connectivity index (χ0v) is 14.5. The van der Waals surface area contributed by atoms with Gasteiger partial charge in [0.1, 0.15) is 0 Å². The standard InChI is InChI=1S/C18H24F2N2O.ClH/c19-15-6-5-13(10-16(15)20)14-7-8-21-11-17(14)22-18(23)9-12-3-1-2-4-12;/h5-6,10,12,14,17,21H,1-4,7-9,11H2,(H,22,23);1H. The molecule has 0 aromatic heterocycles. The topological polar surface area (TPSA) is 41.1 Å². The summed E-state index contributed by atoms with van der Waals surface area (Å²) in [4.78, 5) is 12.3. The summed E-state index contributed by atoms with van der Waals surface area (Å²) in [7, 11) is 0. The molecule has 2 aliphatic rings. The van der Waals surface area contributed by atoms with Crippen molar-refractivity contribution < 1.29 is 13.6 Å². The first-order chi connectivity index (χ1) is 11.1. The molecule has 0 bridgehead atoms. The van der Waals surface area contributed by atoms with Crippen LogP contribution in [0.1, 0.15) is 50.0 Å². The van der Waals surface area contributed by atoms with Crippen molar-refractivity contribution in [3.05, 3.63) is 35.4 Å². The average molecular weight is 359 g/mol. The molecule has 2 atom stereocenters. The van der Waals surface area contributed by atoms with Gasteiger partial charge in [-0.1, -0.05) is 18.9 Å². The fourth-order valence-electron chi connectivity index (χ4n) is 3.89. The molecule has 0 radical (unpaired) electrons. The minimum atomic E-state index is -0.829. The number of carbonyl (C=O) groups is 1. The maximum atomic E-state index is 13.5. The van der Waals surface area contributed by atoms with Crippen molar-refractivity contribution in [3.8, 4) is 0 Å². The van der Waals surface area contributed by atoms with Crippen molar-refractivity contribution in [2.45, 2.75) is 50.5 Å². The van der Waals surface area contributed by atoms with E-state index in [1.807, 2.05) is 0 Å². The second-order valence-corrected chi connectivity index (χ2v) is 6.80. The highest BCUT2D eigenvalue weighted by Gasteiger charge is 2.29. The zero-order chi connectivity index (χ0) is 16.2. The summed E-state index contributed by atoms with van der Waals surface area (Å²) in [6, 6.07) is 4.00. The van der Waals surface area contributed by atoms with Crippen LogP contribution in [0.4, 0.5) is 8.78 Å². The maximum Gasteiger partial charge on any atom is 0.220 e. The lowest BCUT2D eigenvalue weighted by molar-refractivity contribution is -0.122. The summed E-state index contributed by atoms with van der Waals surface area (Å²) in [5.41, 5.74) is 0.761. The van der Waals surface area contributed by atoms with Crippen molar-refractivity contribution >= 4 is 18.3 Å². The third-order valence-corrected chi connectivity index (χ3v) is 5.15. The van der Waals surface area contributed by atoms with Crippen LogP contribution >= 0.6 is 12.4 Å². The lowest BCUT2D eigenvalue weighted by atomic mass is 9.85. The number of carbonyl (C=O) groups excluding carboxylic acids is 1. The molecular formula is C18H25ClF2N2O. The van der Waals surface area contributed by atoms with E-state index in [4.69, 9.17) is 0 Å². The Morgan fingerprint density at radius 2 is 1.92 bits per heavy atom. The fourth-order valence-corrected chi connectivity index (χ4v) is 3.89. The molecule has 1 saturated heterocycles. The van der Waals surface area contributed by atoms with Gasteiger partial charge in [0.25, 0.3) is 0 Å². The molecule has 2 N–H and O–H groups in total. The molecule has 24 heavy (non-hydrogen) atoms. The van der Waals surface area contributed by atoms with E-state index in [-0.39, 0.29) is 30.3 Å². The molecule has 1 heterocycles. The molecule has 1 aromatic carbocycles. The van der Waals surface area contributed by atoms with Gasteiger partial charge >= 0.3 is 0 Å². The van der Waals surface area contributed by atoms with Crippen LogP contribution < -0.4 is 10.6 Å². The van der Waals surface area contributed by atoms with Crippen LogP contribution in [0.15, 0.2) is 18.2 Å². The summed E-state index contributed by atoms with van der Waals surface area (Å²) < 4.78 is 26.7. The summed E-state index contributed by atoms with van der Waals surface area (Å²) in [5.74, 6) is -1.04. The molecule has 0 spiro atoms. The lowest BCUT2D eigenvalue weighted by Crippen LogP contribution is -2.50. The lowest BCUT2D eigenvalue weighted by Gasteiger charge is -2.33. The van der Waals surface area contributed by atoms with Crippen molar-refractivity contribution in [2.75, 3.05) is 13.1 Å². The van der Waals surface area contributed by atoms with E-state index < -0.39 is 11.6 Å². The number of benzene rings is 1. The quantitative estimate of drug-likeness (QED) is 0.864. The molecule has 134 valence electrons. The monoisotopic (exact) mass is 358 g/mol. The van der Waals surface area contributed by atoms with E-state index in [1.165, 1.54) is 25.0 Å². The Bertz CT molecular complexity index is 564. The van der Waals surface area contributed by atoms with Gasteiger partial charge in [0.05, 0.1) is 0 Å². The van der Waals surface area contributed by atoms with Gasteiger partial charge in [-0.15, -0.1) is 12.4 Å². The van der Waals surface area contributed by atoms with Gasteiger partial charge < -0.3 is 10.6 Å². The smallest absolute Gasteiger partial charge is 0.220 e. The molecule has 2 fully saturated rings. The van der Waals surface area contributed by atoms with E-state index >= 15 is 0 Å². The molecule has 1 aromatic rings. The van der Waals surface area contributed by atoms with Crippen LogP contribution in [0.25, 0.3) is 0 Å². The Balaban J connectivity index is 0.00000208. The first kappa shape index (κ1) is 19.1. The van der Waals surface area contributed by atoms with E-state index in [0.29, 0.717) is 18.9 Å². The summed E-state index contributed by atoms with van der Waals surface area (Å²) in [6.07, 6.45) is 6.12. The van der Waals surface area contributed by atoms with Gasteiger partial charge in [-0.2, -0.15) is 0 Å². The Morgan fingerprint density at radius 1 is 1.17 bits per heavy atom. The molecule has 2 unspecified atom stereocenters. The Hall–Kier alpha value is -1.20. The fraction of sp³-hybridized carbons (Fsp3) is 0.611. The molecule has 1 aliphatic heterocycles. The summed E-state index contributed by atoms with van der Waals surface area (Å²) >= 11 is 0. The third-order valence-electron chi connectivity index (χ3n) is 5.15. The number of rotatable bonds is 4. The molecule has 1 aliphatic carbocycles. The van der Waals surface area contributed by atoms with Crippen molar-refractivity contribution in [2.24, 2.45) is 5.92 Å². The molecule has 3 nitrogen and oxygen atoms in total. The molecule has 1 amide bonds. The third kappa shape index (κ3) is 4.67. The molecule has 6 heteroatoms. The minimum Gasteiger partial charge on any atom is -0.351 e. The first-order valence-electron chi connectivity index (χ1n) is 8.58. The number of amides is 1. The van der Waals surface area contributed by atoms with Gasteiger partial charge in [-0.05, 0) is 49.4 Å². The highest BCUT2D eigenvalue weighted by atomic mass is 35.5. The Labute approximate surface area is 148 Å². The van der Waals surface area contributed by atoms with Gasteiger partial charge in [0, 0.05) is 24.9 Å². The Morgan fingerprint density at radius 3 is 2.62 bits per heavy atom. The highest BCUT2D eigenvalue weighted by Crippen LogP contribution is 2.29. The first-order valence-corrected chi connectivity index (χ1v) is 8.58. The zero-order valence-electron chi connectivity index (χ0n) is 13.7. The minimum absolute atomic E-state index is 0. The molecule has 3 rings (SSSR count). The predicted molar refractivity (Wildman–Crippen MR) is 92.3 cm³/mol. The summed E-state index contributed by atoms with van der Waals surface area (Å²) in [6.45, 7) is 1.48. The van der Waals surface area contributed by atoms with Crippen LogP contribution in [-0.2, 0) is 4.79 Å². The number of hydrogen-bond donors (Lipinski definition) is 2. The molecule has 1 saturated carbocycles. The van der Waals surface area contributed by atoms with E-state index in [9.17, 15) is 13.6 Å². The van der Waals surface area contributed by atoms with Gasteiger partial charge in [-0.25, -0.2) is 8.78 Å². The number of nitrogens with one attached hydrogen (secondary N) is 2. The molecular weight excluding hydrogens is 334 g/mol. The van der Waals surface area contributed by atoms with Crippen molar-refractivity contribution in [1.82, 2.24) is 10.6 Å². The largest absolute Gasteiger partial charge is 0.351 e. The normalized spacial score (nSPS) is 24.4. The van der Waals surface area contributed by atoms with E-state index in [0.717, 1.165) is 31.4 Å². The van der Waals surface area contributed by atoms with Gasteiger partial charge in [-0.3, -0.25) is 4.79 Å². The van der Waals surface area contributed by atoms with Crippen LogP contribution in [0.3, 0.4) is 0 Å². The number of piperidine rings is 1. The second-order valence-electron chi connectivity index (χ2n) is 6.80. The van der Waals surface area contributed by atoms with Crippen LogP contribution in [-0.4, -0.2) is 25.0 Å². The predicted octanol–water partition coefficient (Wildman–Crippen LogP) is 3.53. The van der Waals surface area contributed by atoms with Crippen LogP contribution in [0.5, 0.6) is 0 Å². The van der Waals surface area contributed by atoms with Gasteiger partial charge in [0.2, 0.25) is 5.91 Å². The van der Waals surface area contributed by atoms with Crippen LogP contribution in [0, 0.1) is 17.6 Å². The highest BCUT2D eigenvalue weighted by molar-refractivity contribution is 5.85. The van der Waals surface area contributed by atoms with Crippen molar-refractivity contribution in [3.63, 3.8) is 0 Å².